The molecule has 0 saturated heterocycles. The monoisotopic (exact) mass is 237 g/mol. The highest BCUT2D eigenvalue weighted by atomic mass is 16.4. The molecule has 0 saturated carbocycles. The van der Waals surface area contributed by atoms with E-state index in [9.17, 15) is 4.79 Å². The van der Waals surface area contributed by atoms with Crippen LogP contribution < -0.4 is 0 Å². The Bertz CT molecular complexity index is 634. The van der Waals surface area contributed by atoms with Crippen LogP contribution in [0.5, 0.6) is 0 Å². The summed E-state index contributed by atoms with van der Waals surface area (Å²) in [5, 5.41) is 8.77. The second-order valence-corrected chi connectivity index (χ2v) is 3.82. The Labute approximate surface area is 105 Å². The third-order valence-electron chi connectivity index (χ3n) is 2.38. The van der Waals surface area contributed by atoms with Gasteiger partial charge in [-0.15, -0.1) is 0 Å². The maximum absolute atomic E-state index is 10.7. The van der Waals surface area contributed by atoms with Crippen molar-refractivity contribution >= 4 is 5.97 Å². The highest BCUT2D eigenvalue weighted by molar-refractivity contribution is 5.87. The van der Waals surface area contributed by atoms with Crippen LogP contribution in [0.15, 0.2) is 42.6 Å². The Morgan fingerprint density at radius 3 is 2.39 bits per heavy atom. The molecule has 0 unspecified atom stereocenters. The summed E-state index contributed by atoms with van der Waals surface area (Å²) in [6, 6.07) is 10.2. The van der Waals surface area contributed by atoms with Crippen LogP contribution in [-0.4, -0.2) is 16.1 Å². The first-order chi connectivity index (χ1) is 8.65. The van der Waals surface area contributed by atoms with Crippen molar-refractivity contribution < 1.29 is 9.90 Å². The van der Waals surface area contributed by atoms with Crippen molar-refractivity contribution in [3.05, 3.63) is 65.0 Å². The van der Waals surface area contributed by atoms with Crippen molar-refractivity contribution in [1.82, 2.24) is 4.98 Å². The molecule has 1 heterocycles. The number of aromatic nitrogens is 1. The molecule has 2 aromatic rings. The van der Waals surface area contributed by atoms with E-state index < -0.39 is 5.97 Å². The smallest absolute Gasteiger partial charge is 0.335 e. The van der Waals surface area contributed by atoms with Crippen LogP contribution in [0.4, 0.5) is 0 Å². The molecule has 2 rings (SSSR count). The van der Waals surface area contributed by atoms with Gasteiger partial charge in [-0.2, -0.15) is 0 Å². The summed E-state index contributed by atoms with van der Waals surface area (Å²) in [6.07, 6.45) is 1.72. The van der Waals surface area contributed by atoms with Crippen LogP contribution in [-0.2, 0) is 0 Å². The summed E-state index contributed by atoms with van der Waals surface area (Å²) in [5.74, 6) is 5.07. The maximum Gasteiger partial charge on any atom is 0.335 e. The summed E-state index contributed by atoms with van der Waals surface area (Å²) in [7, 11) is 0. The maximum atomic E-state index is 10.7. The highest BCUT2D eigenvalue weighted by Gasteiger charge is 1.99. The Hall–Kier alpha value is -2.60. The van der Waals surface area contributed by atoms with Crippen molar-refractivity contribution in [2.75, 3.05) is 0 Å². The largest absolute Gasteiger partial charge is 0.478 e. The first-order valence-corrected chi connectivity index (χ1v) is 5.43. The molecule has 0 fully saturated rings. The fourth-order valence-corrected chi connectivity index (χ4v) is 1.46. The molecule has 1 aromatic heterocycles. The van der Waals surface area contributed by atoms with Crippen LogP contribution in [0.1, 0.15) is 27.2 Å². The molecular weight excluding hydrogens is 226 g/mol. The summed E-state index contributed by atoms with van der Waals surface area (Å²) in [5.41, 5.74) is 2.86. The first kappa shape index (κ1) is 11.9. The van der Waals surface area contributed by atoms with Crippen molar-refractivity contribution in [3.63, 3.8) is 0 Å². The Kier molecular flexibility index (Phi) is 3.40. The van der Waals surface area contributed by atoms with E-state index in [0.717, 1.165) is 16.8 Å². The molecule has 0 radical (unpaired) electrons. The van der Waals surface area contributed by atoms with Gasteiger partial charge in [0.15, 0.2) is 0 Å². The number of rotatable bonds is 1. The van der Waals surface area contributed by atoms with Crippen LogP contribution >= 0.6 is 0 Å². The third-order valence-corrected chi connectivity index (χ3v) is 2.38. The van der Waals surface area contributed by atoms with Gasteiger partial charge < -0.3 is 5.11 Å². The SMILES string of the molecule is Cc1cc(C#Cc2ccc(C(=O)O)cc2)ccn1. The molecule has 3 heteroatoms. The molecule has 1 N–H and O–H groups in total. The molecule has 0 aliphatic carbocycles. The fraction of sp³-hybridized carbons (Fsp3) is 0.0667. The standard InChI is InChI=1S/C15H11NO2/c1-11-10-13(8-9-16-11)3-2-12-4-6-14(7-5-12)15(17)18/h4-10H,1H3,(H,17,18). The van der Waals surface area contributed by atoms with Crippen molar-refractivity contribution in [2.24, 2.45) is 0 Å². The highest BCUT2D eigenvalue weighted by Crippen LogP contribution is 2.04. The second-order valence-electron chi connectivity index (χ2n) is 3.82. The number of benzene rings is 1. The molecule has 1 aromatic carbocycles. The van der Waals surface area contributed by atoms with Gasteiger partial charge in [0.25, 0.3) is 0 Å². The van der Waals surface area contributed by atoms with Crippen LogP contribution in [0.3, 0.4) is 0 Å². The number of nitrogens with zero attached hydrogens (tertiary/aromatic N) is 1. The predicted octanol–water partition coefficient (Wildman–Crippen LogP) is 2.49. The Morgan fingerprint density at radius 2 is 1.78 bits per heavy atom. The number of hydrogen-bond donors (Lipinski definition) is 1. The quantitative estimate of drug-likeness (QED) is 0.775. The zero-order valence-electron chi connectivity index (χ0n) is 9.84. The van der Waals surface area contributed by atoms with Gasteiger partial charge in [-0.25, -0.2) is 4.79 Å². The van der Waals surface area contributed by atoms with Gasteiger partial charge in [0.05, 0.1) is 5.56 Å². The van der Waals surface area contributed by atoms with Gasteiger partial charge in [-0.3, -0.25) is 4.98 Å². The van der Waals surface area contributed by atoms with Gasteiger partial charge >= 0.3 is 5.97 Å². The van der Waals surface area contributed by atoms with E-state index >= 15 is 0 Å². The van der Waals surface area contributed by atoms with E-state index in [1.54, 1.807) is 30.5 Å². The molecule has 0 atom stereocenters. The molecule has 0 spiro atoms. The minimum Gasteiger partial charge on any atom is -0.478 e. The zero-order chi connectivity index (χ0) is 13.0. The average molecular weight is 237 g/mol. The van der Waals surface area contributed by atoms with Crippen LogP contribution in [0, 0.1) is 18.8 Å². The van der Waals surface area contributed by atoms with E-state index in [1.807, 2.05) is 19.1 Å². The summed E-state index contributed by atoms with van der Waals surface area (Å²) in [6.45, 7) is 1.91. The lowest BCUT2D eigenvalue weighted by atomic mass is 10.1. The Morgan fingerprint density at radius 1 is 1.11 bits per heavy atom. The molecule has 0 amide bonds. The number of carboxylic acids is 1. The van der Waals surface area contributed by atoms with Crippen molar-refractivity contribution in [1.29, 1.82) is 0 Å². The molecule has 0 aliphatic heterocycles. The zero-order valence-corrected chi connectivity index (χ0v) is 9.84. The van der Waals surface area contributed by atoms with Crippen molar-refractivity contribution in [3.8, 4) is 11.8 Å². The molecule has 0 aliphatic rings. The lowest BCUT2D eigenvalue weighted by Gasteiger charge is -1.94. The number of aromatic carboxylic acids is 1. The molecule has 0 bridgehead atoms. The van der Waals surface area contributed by atoms with E-state index in [-0.39, 0.29) is 5.56 Å². The molecule has 18 heavy (non-hydrogen) atoms. The van der Waals surface area contributed by atoms with Gasteiger partial charge in [0, 0.05) is 23.0 Å². The number of carboxylic acid groups (broad SMARTS) is 1. The van der Waals surface area contributed by atoms with Gasteiger partial charge in [-0.05, 0) is 43.3 Å². The third kappa shape index (κ3) is 2.96. The van der Waals surface area contributed by atoms with E-state index in [1.165, 1.54) is 0 Å². The number of aryl methyl sites for hydroxylation is 1. The normalized spacial score (nSPS) is 9.39. The minimum absolute atomic E-state index is 0.264. The summed E-state index contributed by atoms with van der Waals surface area (Å²) in [4.78, 5) is 14.8. The lowest BCUT2D eigenvalue weighted by Crippen LogP contribution is -1.94. The van der Waals surface area contributed by atoms with Crippen LogP contribution in [0.25, 0.3) is 0 Å². The summed E-state index contributed by atoms with van der Waals surface area (Å²) < 4.78 is 0. The number of pyridine rings is 1. The number of hydrogen-bond acceptors (Lipinski definition) is 2. The Balaban J connectivity index is 2.22. The summed E-state index contributed by atoms with van der Waals surface area (Å²) >= 11 is 0. The minimum atomic E-state index is -0.931. The molecule has 3 nitrogen and oxygen atoms in total. The van der Waals surface area contributed by atoms with Gasteiger partial charge in [0.2, 0.25) is 0 Å². The topological polar surface area (TPSA) is 50.2 Å². The van der Waals surface area contributed by atoms with E-state index in [2.05, 4.69) is 16.8 Å². The lowest BCUT2D eigenvalue weighted by molar-refractivity contribution is 0.0697. The fourth-order valence-electron chi connectivity index (χ4n) is 1.46. The predicted molar refractivity (Wildman–Crippen MR) is 68.4 cm³/mol. The second kappa shape index (κ2) is 5.15. The average Bonchev–Trinajstić information content (AvgIpc) is 2.37. The van der Waals surface area contributed by atoms with E-state index in [0.29, 0.717) is 0 Å². The van der Waals surface area contributed by atoms with Crippen LogP contribution in [0.2, 0.25) is 0 Å². The number of carbonyl (C=O) groups is 1. The van der Waals surface area contributed by atoms with Gasteiger partial charge in [-0.1, -0.05) is 11.8 Å². The molecular formula is C15H11NO2. The first-order valence-electron chi connectivity index (χ1n) is 5.43. The van der Waals surface area contributed by atoms with Gasteiger partial charge in [0.1, 0.15) is 0 Å². The van der Waals surface area contributed by atoms with E-state index in [4.69, 9.17) is 5.11 Å². The molecule has 88 valence electrons. The van der Waals surface area contributed by atoms with Crippen molar-refractivity contribution in [2.45, 2.75) is 6.92 Å².